The maximum absolute atomic E-state index is 13.0. The van der Waals surface area contributed by atoms with Gasteiger partial charge in [0.2, 0.25) is 5.91 Å². The van der Waals surface area contributed by atoms with E-state index in [4.69, 9.17) is 14.2 Å². The average Bonchev–Trinajstić information content (AvgIpc) is 1.22. The third-order valence-electron chi connectivity index (χ3n) is 19.1. The molecule has 11 heteroatoms. The largest absolute Gasteiger partial charge is 0.466 e. The number of allylic oxidation sites excluding steroid dienone is 5. The van der Waals surface area contributed by atoms with Crippen molar-refractivity contribution in [1.29, 1.82) is 0 Å². The van der Waals surface area contributed by atoms with Crippen LogP contribution in [0.25, 0.3) is 0 Å². The number of hydrogen-bond acceptors (Lipinski definition) is 10. The van der Waals surface area contributed by atoms with Crippen LogP contribution in [0, 0.1) is 0 Å². The summed E-state index contributed by atoms with van der Waals surface area (Å²) in [5.74, 6) is -0.170. The van der Waals surface area contributed by atoms with Crippen LogP contribution in [0.5, 0.6) is 0 Å². The summed E-state index contributed by atoms with van der Waals surface area (Å²) in [5.41, 5.74) is 0. The fourth-order valence-electron chi connectivity index (χ4n) is 12.9. The predicted octanol–water partition coefficient (Wildman–Crippen LogP) is 21.3. The van der Waals surface area contributed by atoms with Crippen LogP contribution < -0.4 is 5.32 Å². The standard InChI is InChI=1S/C80H151NO10/c1-3-5-7-9-11-13-14-15-41-45-48-52-56-60-64-68-76(85)89-69-65-61-57-53-49-46-43-40-38-36-34-32-30-28-26-24-22-20-18-16-17-19-21-23-25-27-29-31-33-35-37-39-42-44-47-51-55-59-63-67-75(84)81-72(73(83)66-62-58-54-50-12-10-8-6-4-2)71-90-80-79(88)78(87)77(86)74(70-82)91-80/h4,6,12,50,62,66,72-74,77-80,82-83,86-88H,3,5,7-11,13-49,51-61,63-65,67-71H2,1-2H3,(H,81,84)/b6-4+,50-12+,66-62+. The first-order valence-corrected chi connectivity index (χ1v) is 39.7. The second-order valence-corrected chi connectivity index (χ2v) is 27.8. The first kappa shape index (κ1) is 86.9. The third kappa shape index (κ3) is 57.8. The van der Waals surface area contributed by atoms with E-state index < -0.39 is 49.5 Å². The maximum Gasteiger partial charge on any atom is 0.305 e. The second-order valence-electron chi connectivity index (χ2n) is 27.8. The quantitative estimate of drug-likeness (QED) is 0.0195. The van der Waals surface area contributed by atoms with Gasteiger partial charge in [0.1, 0.15) is 24.4 Å². The highest BCUT2D eigenvalue weighted by Crippen LogP contribution is 2.24. The topological polar surface area (TPSA) is 175 Å². The van der Waals surface area contributed by atoms with Crippen molar-refractivity contribution >= 4 is 11.9 Å². The van der Waals surface area contributed by atoms with Gasteiger partial charge in [-0.3, -0.25) is 9.59 Å². The number of esters is 1. The van der Waals surface area contributed by atoms with Gasteiger partial charge in [-0.15, -0.1) is 0 Å². The number of ether oxygens (including phenoxy) is 3. The molecule has 1 rings (SSSR count). The normalized spacial score (nSPS) is 17.7. The van der Waals surface area contributed by atoms with E-state index in [0.717, 1.165) is 57.8 Å². The molecular formula is C80H151NO10. The minimum atomic E-state index is -1.58. The highest BCUT2D eigenvalue weighted by molar-refractivity contribution is 5.76. The Kier molecular flexibility index (Phi) is 66.1. The molecule has 1 saturated heterocycles. The summed E-state index contributed by atoms with van der Waals surface area (Å²) >= 11 is 0. The molecule has 0 aromatic rings. The zero-order chi connectivity index (χ0) is 65.8. The Bertz CT molecular complexity index is 1610. The van der Waals surface area contributed by atoms with E-state index >= 15 is 0 Å². The SMILES string of the molecule is C/C=C/CC/C=C/CC/C=C/C(O)C(COC1OC(CO)C(O)C(O)C1O)NC(=O)CCCCCCCCCCCCCCCCCCCCCCCCCCCCCCCCCCCCCCCCCOC(=O)CCCCCCCCCCCCCCCCC. The van der Waals surface area contributed by atoms with E-state index in [2.05, 4.69) is 30.5 Å². The van der Waals surface area contributed by atoms with Crippen LogP contribution >= 0.6 is 0 Å². The van der Waals surface area contributed by atoms with Crippen molar-refractivity contribution < 1.29 is 49.3 Å². The van der Waals surface area contributed by atoms with Crippen molar-refractivity contribution in [2.75, 3.05) is 19.8 Å². The van der Waals surface area contributed by atoms with E-state index in [9.17, 15) is 35.1 Å². The smallest absolute Gasteiger partial charge is 0.305 e. The summed E-state index contributed by atoms with van der Waals surface area (Å²) in [5, 5.41) is 54.3. The Hall–Kier alpha value is -2.12. The van der Waals surface area contributed by atoms with Crippen molar-refractivity contribution in [3.63, 3.8) is 0 Å². The van der Waals surface area contributed by atoms with Crippen LogP contribution in [0.15, 0.2) is 36.5 Å². The lowest BCUT2D eigenvalue weighted by Gasteiger charge is -2.40. The van der Waals surface area contributed by atoms with E-state index in [0.29, 0.717) is 19.4 Å². The van der Waals surface area contributed by atoms with Crippen molar-refractivity contribution in [2.24, 2.45) is 0 Å². The van der Waals surface area contributed by atoms with Gasteiger partial charge in [-0.1, -0.05) is 371 Å². The zero-order valence-corrected chi connectivity index (χ0v) is 59.8. The number of aliphatic hydroxyl groups excluding tert-OH is 5. The molecule has 91 heavy (non-hydrogen) atoms. The minimum absolute atomic E-state index is 0.0216. The number of hydrogen-bond donors (Lipinski definition) is 6. The lowest BCUT2D eigenvalue weighted by molar-refractivity contribution is -0.302. The van der Waals surface area contributed by atoms with Crippen molar-refractivity contribution in [3.8, 4) is 0 Å². The molecule has 1 aliphatic rings. The molecule has 7 atom stereocenters. The number of rotatable bonds is 71. The Morgan fingerprint density at radius 1 is 0.418 bits per heavy atom. The van der Waals surface area contributed by atoms with Crippen LogP contribution in [0.4, 0.5) is 0 Å². The molecule has 0 radical (unpaired) electrons. The number of carbonyl (C=O) groups is 2. The minimum Gasteiger partial charge on any atom is -0.466 e. The summed E-state index contributed by atoms with van der Waals surface area (Å²) < 4.78 is 16.7. The Labute approximate surface area is 562 Å². The summed E-state index contributed by atoms with van der Waals surface area (Å²) in [6.07, 6.45) is 80.9. The molecule has 7 unspecified atom stereocenters. The van der Waals surface area contributed by atoms with Crippen molar-refractivity contribution in [3.05, 3.63) is 36.5 Å². The lowest BCUT2D eigenvalue weighted by atomic mass is 9.99. The maximum atomic E-state index is 13.0. The van der Waals surface area contributed by atoms with Crippen LogP contribution in [-0.2, 0) is 23.8 Å². The molecule has 0 aromatic carbocycles. The van der Waals surface area contributed by atoms with Gasteiger partial charge < -0.3 is 45.1 Å². The molecule has 6 N–H and O–H groups in total. The molecule has 1 amide bonds. The fraction of sp³-hybridized carbons (Fsp3) is 0.900. The van der Waals surface area contributed by atoms with Gasteiger partial charge in [-0.05, 0) is 51.9 Å². The molecule has 11 nitrogen and oxygen atoms in total. The van der Waals surface area contributed by atoms with Gasteiger partial charge in [0.15, 0.2) is 6.29 Å². The first-order valence-electron chi connectivity index (χ1n) is 39.7. The monoisotopic (exact) mass is 1290 g/mol. The van der Waals surface area contributed by atoms with Crippen molar-refractivity contribution in [1.82, 2.24) is 5.32 Å². The van der Waals surface area contributed by atoms with E-state index in [1.165, 1.54) is 315 Å². The molecule has 0 saturated carbocycles. The first-order chi connectivity index (χ1) is 44.7. The van der Waals surface area contributed by atoms with Gasteiger partial charge >= 0.3 is 5.97 Å². The van der Waals surface area contributed by atoms with Gasteiger partial charge in [0, 0.05) is 12.8 Å². The molecule has 1 heterocycles. The molecule has 1 fully saturated rings. The van der Waals surface area contributed by atoms with E-state index in [1.807, 2.05) is 19.1 Å². The third-order valence-corrected chi connectivity index (χ3v) is 19.1. The molecular weight excluding hydrogens is 1130 g/mol. The highest BCUT2D eigenvalue weighted by Gasteiger charge is 2.44. The number of amides is 1. The molecule has 0 aromatic heterocycles. The van der Waals surface area contributed by atoms with Crippen LogP contribution in [0.3, 0.4) is 0 Å². The molecule has 0 aliphatic carbocycles. The number of carbonyl (C=O) groups excluding carboxylic acids is 2. The van der Waals surface area contributed by atoms with Gasteiger partial charge in [-0.25, -0.2) is 0 Å². The summed E-state index contributed by atoms with van der Waals surface area (Å²) in [4.78, 5) is 25.1. The number of aliphatic hydroxyl groups is 5. The van der Waals surface area contributed by atoms with Gasteiger partial charge in [0.25, 0.3) is 0 Å². The van der Waals surface area contributed by atoms with Gasteiger partial charge in [0.05, 0.1) is 32.0 Å². The number of unbranched alkanes of at least 4 members (excludes halogenated alkanes) is 54. The fourth-order valence-corrected chi connectivity index (χ4v) is 12.9. The van der Waals surface area contributed by atoms with Crippen LogP contribution in [0.1, 0.15) is 399 Å². The predicted molar refractivity (Wildman–Crippen MR) is 384 cm³/mol. The van der Waals surface area contributed by atoms with E-state index in [-0.39, 0.29) is 18.5 Å². The Morgan fingerprint density at radius 2 is 0.736 bits per heavy atom. The second kappa shape index (κ2) is 69.2. The molecule has 536 valence electrons. The summed E-state index contributed by atoms with van der Waals surface area (Å²) in [7, 11) is 0. The lowest BCUT2D eigenvalue weighted by Crippen LogP contribution is -2.60. The zero-order valence-electron chi connectivity index (χ0n) is 59.8. The molecule has 0 bridgehead atoms. The van der Waals surface area contributed by atoms with Crippen LogP contribution in [-0.4, -0.2) is 100 Å². The Morgan fingerprint density at radius 3 is 1.09 bits per heavy atom. The highest BCUT2D eigenvalue weighted by atomic mass is 16.7. The van der Waals surface area contributed by atoms with Crippen molar-refractivity contribution in [2.45, 2.75) is 442 Å². The summed E-state index contributed by atoms with van der Waals surface area (Å²) in [6, 6.07) is -0.829. The Balaban J connectivity index is 1.83. The molecule has 0 spiro atoms. The van der Waals surface area contributed by atoms with Gasteiger partial charge in [-0.2, -0.15) is 0 Å². The number of nitrogens with one attached hydrogen (secondary N) is 1. The summed E-state index contributed by atoms with van der Waals surface area (Å²) in [6.45, 7) is 4.14. The average molecular weight is 1290 g/mol. The molecule has 1 aliphatic heterocycles. The van der Waals surface area contributed by atoms with Crippen LogP contribution in [0.2, 0.25) is 0 Å². The van der Waals surface area contributed by atoms with E-state index in [1.54, 1.807) is 6.08 Å².